The van der Waals surface area contributed by atoms with Gasteiger partial charge in [-0.2, -0.15) is 0 Å². The van der Waals surface area contributed by atoms with Gasteiger partial charge in [-0.3, -0.25) is 20.2 Å². The average molecular weight is 398 g/mol. The largest absolute Gasteiger partial charge is 0.302 e. The van der Waals surface area contributed by atoms with Crippen LogP contribution in [0.15, 0.2) is 48.5 Å². The summed E-state index contributed by atoms with van der Waals surface area (Å²) in [6.45, 7) is 6.03. The molecule has 0 atom stereocenters. The van der Waals surface area contributed by atoms with Crippen molar-refractivity contribution in [3.05, 3.63) is 79.9 Å². The molecule has 8 nitrogen and oxygen atoms in total. The average Bonchev–Trinajstić information content (AvgIpc) is 2.96. The summed E-state index contributed by atoms with van der Waals surface area (Å²) in [5.74, 6) is 0. The Labute approximate surface area is 170 Å². The first-order chi connectivity index (χ1) is 14.0. The Balaban J connectivity index is 1.41. The minimum Gasteiger partial charge on any atom is -0.302 e. The minimum atomic E-state index is -0.371. The molecule has 0 N–H and O–H groups in total. The van der Waals surface area contributed by atoms with Crippen molar-refractivity contribution in [3.63, 3.8) is 0 Å². The number of hydrogen-bond acceptors (Lipinski definition) is 6. The third-order valence-corrected chi connectivity index (χ3v) is 5.41. The third-order valence-electron chi connectivity index (χ3n) is 5.41. The molecule has 0 saturated carbocycles. The van der Waals surface area contributed by atoms with Gasteiger partial charge in [0, 0.05) is 50.4 Å². The number of benzene rings is 2. The van der Waals surface area contributed by atoms with Crippen LogP contribution < -0.4 is 0 Å². The Morgan fingerprint density at radius 3 is 1.38 bits per heavy atom. The predicted molar refractivity (Wildman–Crippen MR) is 111 cm³/mol. The van der Waals surface area contributed by atoms with Crippen molar-refractivity contribution < 1.29 is 9.85 Å². The van der Waals surface area contributed by atoms with E-state index in [0.29, 0.717) is 0 Å². The second kappa shape index (κ2) is 10.1. The van der Waals surface area contributed by atoms with Gasteiger partial charge in [-0.05, 0) is 43.5 Å². The van der Waals surface area contributed by atoms with Gasteiger partial charge in [0.25, 0.3) is 11.4 Å². The fraction of sp³-hybridized carbons (Fsp3) is 0.429. The van der Waals surface area contributed by atoms with Crippen molar-refractivity contribution in [1.82, 2.24) is 9.80 Å². The fourth-order valence-electron chi connectivity index (χ4n) is 3.61. The number of nitro benzene ring substituents is 2. The summed E-state index contributed by atoms with van der Waals surface area (Å²) >= 11 is 0. The summed E-state index contributed by atoms with van der Waals surface area (Å²) in [5.41, 5.74) is 2.50. The van der Waals surface area contributed by atoms with Gasteiger partial charge in [-0.15, -0.1) is 0 Å². The molecular formula is C21H26N4O4. The number of non-ortho nitro benzene ring substituents is 2. The topological polar surface area (TPSA) is 92.8 Å². The van der Waals surface area contributed by atoms with Gasteiger partial charge in [0.05, 0.1) is 9.85 Å². The molecular weight excluding hydrogens is 372 g/mol. The summed E-state index contributed by atoms with van der Waals surface area (Å²) in [4.78, 5) is 25.6. The molecule has 2 aromatic rings. The highest BCUT2D eigenvalue weighted by atomic mass is 16.6. The molecule has 0 bridgehead atoms. The molecule has 3 rings (SSSR count). The quantitative estimate of drug-likeness (QED) is 0.500. The van der Waals surface area contributed by atoms with Gasteiger partial charge in [0.15, 0.2) is 0 Å². The Morgan fingerprint density at radius 2 is 1.03 bits per heavy atom. The molecule has 1 saturated heterocycles. The lowest BCUT2D eigenvalue weighted by Crippen LogP contribution is -2.33. The Morgan fingerprint density at radius 1 is 0.655 bits per heavy atom. The van der Waals surface area contributed by atoms with E-state index >= 15 is 0 Å². The summed E-state index contributed by atoms with van der Waals surface area (Å²) in [6, 6.07) is 13.6. The van der Waals surface area contributed by atoms with E-state index in [-0.39, 0.29) is 21.2 Å². The smallest absolute Gasteiger partial charge is 0.269 e. The SMILES string of the molecule is O=[N+]([O-])c1ccc(CCN2CCCN(CCc3ccc([N+](=O)[O-])cc3)CC2)cc1. The zero-order chi connectivity index (χ0) is 20.6. The zero-order valence-electron chi connectivity index (χ0n) is 16.4. The number of nitrogens with zero attached hydrogens (tertiary/aromatic N) is 4. The number of hydrogen-bond donors (Lipinski definition) is 0. The summed E-state index contributed by atoms with van der Waals surface area (Å²) < 4.78 is 0. The molecule has 0 unspecified atom stereocenters. The van der Waals surface area contributed by atoms with E-state index in [1.165, 1.54) is 0 Å². The summed E-state index contributed by atoms with van der Waals surface area (Å²) in [5, 5.41) is 21.5. The van der Waals surface area contributed by atoms with Crippen LogP contribution in [0.2, 0.25) is 0 Å². The highest BCUT2D eigenvalue weighted by Gasteiger charge is 2.15. The molecule has 29 heavy (non-hydrogen) atoms. The second-order valence-corrected chi connectivity index (χ2v) is 7.38. The predicted octanol–water partition coefficient (Wildman–Crippen LogP) is 3.30. The maximum Gasteiger partial charge on any atom is 0.269 e. The highest BCUT2D eigenvalue weighted by Crippen LogP contribution is 2.14. The van der Waals surface area contributed by atoms with Gasteiger partial charge >= 0.3 is 0 Å². The molecule has 0 aliphatic carbocycles. The molecule has 0 amide bonds. The van der Waals surface area contributed by atoms with Gasteiger partial charge < -0.3 is 9.80 Å². The fourth-order valence-corrected chi connectivity index (χ4v) is 3.61. The highest BCUT2D eigenvalue weighted by molar-refractivity contribution is 5.33. The maximum atomic E-state index is 10.7. The molecule has 0 spiro atoms. The van der Waals surface area contributed by atoms with E-state index in [1.807, 2.05) is 24.3 Å². The molecule has 0 aromatic heterocycles. The normalized spacial score (nSPS) is 15.7. The van der Waals surface area contributed by atoms with Crippen molar-refractivity contribution in [2.24, 2.45) is 0 Å². The first-order valence-electron chi connectivity index (χ1n) is 9.92. The third kappa shape index (κ3) is 6.33. The molecule has 1 heterocycles. The number of nitro groups is 2. The van der Waals surface area contributed by atoms with Crippen LogP contribution in [0.4, 0.5) is 11.4 Å². The molecule has 1 fully saturated rings. The monoisotopic (exact) mass is 398 g/mol. The van der Waals surface area contributed by atoms with Crippen LogP contribution in [0.3, 0.4) is 0 Å². The zero-order valence-corrected chi connectivity index (χ0v) is 16.4. The van der Waals surface area contributed by atoms with Gasteiger partial charge in [0.1, 0.15) is 0 Å². The van der Waals surface area contributed by atoms with E-state index in [9.17, 15) is 20.2 Å². The van der Waals surface area contributed by atoms with E-state index in [0.717, 1.165) is 69.7 Å². The van der Waals surface area contributed by atoms with Crippen molar-refractivity contribution in [2.75, 3.05) is 39.3 Å². The standard InChI is InChI=1S/C21H26N4O4/c26-24(27)20-6-2-18(3-7-20)10-14-22-12-1-13-23(17-16-22)15-11-19-4-8-21(9-5-19)25(28)29/h2-9H,1,10-17H2. The Kier molecular flexibility index (Phi) is 7.26. The van der Waals surface area contributed by atoms with E-state index in [2.05, 4.69) is 9.80 Å². The molecule has 8 heteroatoms. The molecule has 1 aliphatic rings. The lowest BCUT2D eigenvalue weighted by molar-refractivity contribution is -0.385. The van der Waals surface area contributed by atoms with Crippen LogP contribution in [0.25, 0.3) is 0 Å². The molecule has 1 aliphatic heterocycles. The van der Waals surface area contributed by atoms with Crippen LogP contribution >= 0.6 is 0 Å². The van der Waals surface area contributed by atoms with Crippen LogP contribution in [0, 0.1) is 20.2 Å². The van der Waals surface area contributed by atoms with Crippen molar-refractivity contribution in [3.8, 4) is 0 Å². The van der Waals surface area contributed by atoms with Crippen LogP contribution in [-0.4, -0.2) is 58.9 Å². The van der Waals surface area contributed by atoms with Crippen molar-refractivity contribution in [1.29, 1.82) is 0 Å². The van der Waals surface area contributed by atoms with Crippen molar-refractivity contribution >= 4 is 11.4 Å². The Bertz CT molecular complexity index is 754. The van der Waals surface area contributed by atoms with Crippen LogP contribution in [0.1, 0.15) is 17.5 Å². The summed E-state index contributed by atoms with van der Waals surface area (Å²) in [7, 11) is 0. The number of rotatable bonds is 8. The van der Waals surface area contributed by atoms with E-state index in [4.69, 9.17) is 0 Å². The van der Waals surface area contributed by atoms with E-state index < -0.39 is 0 Å². The first-order valence-corrected chi connectivity index (χ1v) is 9.92. The lowest BCUT2D eigenvalue weighted by Gasteiger charge is -2.21. The van der Waals surface area contributed by atoms with Gasteiger partial charge in [-0.25, -0.2) is 0 Å². The first kappa shape index (κ1) is 20.9. The Hall–Kier alpha value is -2.84. The van der Waals surface area contributed by atoms with Crippen molar-refractivity contribution in [2.45, 2.75) is 19.3 Å². The van der Waals surface area contributed by atoms with Gasteiger partial charge in [0.2, 0.25) is 0 Å². The summed E-state index contributed by atoms with van der Waals surface area (Å²) in [6.07, 6.45) is 2.89. The van der Waals surface area contributed by atoms with Crippen LogP contribution in [-0.2, 0) is 12.8 Å². The van der Waals surface area contributed by atoms with Gasteiger partial charge in [-0.1, -0.05) is 24.3 Å². The molecule has 154 valence electrons. The molecule has 2 aromatic carbocycles. The minimum absolute atomic E-state index is 0.132. The second-order valence-electron chi connectivity index (χ2n) is 7.38. The lowest BCUT2D eigenvalue weighted by atomic mass is 10.1. The van der Waals surface area contributed by atoms with E-state index in [1.54, 1.807) is 24.3 Å². The maximum absolute atomic E-state index is 10.7. The molecule has 0 radical (unpaired) electrons. The van der Waals surface area contributed by atoms with Crippen LogP contribution in [0.5, 0.6) is 0 Å².